The number of nitro groups is 1. The Hall–Kier alpha value is -2.67. The molecule has 1 aliphatic heterocycles. The van der Waals surface area contributed by atoms with Crippen molar-refractivity contribution in [1.82, 2.24) is 15.1 Å². The van der Waals surface area contributed by atoms with E-state index in [-0.39, 0.29) is 17.4 Å². The van der Waals surface area contributed by atoms with Crippen LogP contribution < -0.4 is 10.6 Å². The molecular formula is C13H14N6O5S2. The molecule has 26 heavy (non-hydrogen) atoms. The summed E-state index contributed by atoms with van der Waals surface area (Å²) in [7, 11) is 0. The molecule has 138 valence electrons. The number of carbonyl (C=O) groups is 2. The van der Waals surface area contributed by atoms with Crippen LogP contribution >= 0.6 is 23.1 Å². The number of primary amides is 1. The number of thioether (sulfide) groups is 1. The van der Waals surface area contributed by atoms with Gasteiger partial charge in [-0.3, -0.25) is 19.7 Å². The number of hydrogen-bond acceptors (Lipinski definition) is 10. The molecule has 0 spiro atoms. The largest absolute Gasteiger partial charge is 0.433 e. The molecule has 1 aliphatic rings. The number of piperazine rings is 1. The normalized spacial score (nSPS) is 14.5. The molecule has 2 aromatic heterocycles. The van der Waals surface area contributed by atoms with E-state index < -0.39 is 16.7 Å². The number of hydrogen-bond donors (Lipinski definition) is 1. The standard InChI is InChI=1S/C13H14N6O5S2/c14-9(20)7-25-13-16-15-12(26-13)18-5-3-17(4-6-18)11(21)8-1-2-10(24-8)19(22)23/h1-2H,3-7H2,(H2,14,20). The number of nitrogens with two attached hydrogens (primary N) is 1. The molecule has 0 aromatic carbocycles. The fourth-order valence-corrected chi connectivity index (χ4v) is 3.95. The van der Waals surface area contributed by atoms with Gasteiger partial charge in [-0.2, -0.15) is 0 Å². The second-order valence-corrected chi connectivity index (χ2v) is 7.46. The van der Waals surface area contributed by atoms with Crippen LogP contribution in [0.25, 0.3) is 0 Å². The minimum Gasteiger partial charge on any atom is -0.395 e. The highest BCUT2D eigenvalue weighted by Gasteiger charge is 2.27. The maximum absolute atomic E-state index is 12.4. The van der Waals surface area contributed by atoms with Crippen LogP contribution in [0, 0.1) is 10.1 Å². The Kier molecular flexibility index (Phi) is 5.37. The quantitative estimate of drug-likeness (QED) is 0.419. The summed E-state index contributed by atoms with van der Waals surface area (Å²) in [6.07, 6.45) is 0. The highest BCUT2D eigenvalue weighted by atomic mass is 32.2. The predicted octanol–water partition coefficient (Wildman–Crippen LogP) is 0.579. The van der Waals surface area contributed by atoms with Gasteiger partial charge in [0.1, 0.15) is 4.92 Å². The van der Waals surface area contributed by atoms with E-state index in [0.717, 1.165) is 6.07 Å². The van der Waals surface area contributed by atoms with Crippen molar-refractivity contribution in [3.05, 3.63) is 28.0 Å². The Morgan fingerprint density at radius 2 is 2.04 bits per heavy atom. The van der Waals surface area contributed by atoms with Crippen molar-refractivity contribution in [2.75, 3.05) is 36.8 Å². The number of furan rings is 1. The van der Waals surface area contributed by atoms with Crippen molar-refractivity contribution in [3.63, 3.8) is 0 Å². The fraction of sp³-hybridized carbons (Fsp3) is 0.385. The van der Waals surface area contributed by atoms with Crippen LogP contribution in [0.1, 0.15) is 10.6 Å². The first-order valence-electron chi connectivity index (χ1n) is 7.47. The van der Waals surface area contributed by atoms with Gasteiger partial charge in [0.2, 0.25) is 11.0 Å². The summed E-state index contributed by atoms with van der Waals surface area (Å²) in [5.41, 5.74) is 5.10. The van der Waals surface area contributed by atoms with Crippen molar-refractivity contribution in [2.24, 2.45) is 5.73 Å². The summed E-state index contributed by atoms with van der Waals surface area (Å²) >= 11 is 2.59. The molecular weight excluding hydrogens is 384 g/mol. The highest BCUT2D eigenvalue weighted by molar-refractivity contribution is 8.01. The molecule has 0 aliphatic carbocycles. The Labute approximate surface area is 155 Å². The number of amides is 2. The third-order valence-corrected chi connectivity index (χ3v) is 5.69. The zero-order valence-corrected chi connectivity index (χ0v) is 15.0. The van der Waals surface area contributed by atoms with E-state index in [4.69, 9.17) is 10.2 Å². The van der Waals surface area contributed by atoms with E-state index in [1.165, 1.54) is 29.2 Å². The molecule has 2 amide bonds. The van der Waals surface area contributed by atoms with Gasteiger partial charge in [0.15, 0.2) is 10.1 Å². The zero-order valence-electron chi connectivity index (χ0n) is 13.4. The van der Waals surface area contributed by atoms with Gasteiger partial charge in [-0.05, 0) is 6.07 Å². The molecule has 3 heterocycles. The van der Waals surface area contributed by atoms with Gasteiger partial charge in [0.05, 0.1) is 11.8 Å². The van der Waals surface area contributed by atoms with Gasteiger partial charge in [-0.1, -0.05) is 23.1 Å². The Bertz CT molecular complexity index is 829. The minimum atomic E-state index is -0.683. The zero-order chi connectivity index (χ0) is 18.7. The smallest absolute Gasteiger partial charge is 0.395 e. The number of nitrogens with zero attached hydrogens (tertiary/aromatic N) is 5. The van der Waals surface area contributed by atoms with Gasteiger partial charge < -0.3 is 20.0 Å². The first-order valence-corrected chi connectivity index (χ1v) is 9.27. The molecule has 1 saturated heterocycles. The van der Waals surface area contributed by atoms with Crippen LogP contribution in [-0.4, -0.2) is 63.8 Å². The van der Waals surface area contributed by atoms with Crippen molar-refractivity contribution in [3.8, 4) is 0 Å². The number of carbonyl (C=O) groups excluding carboxylic acids is 2. The third-order valence-electron chi connectivity index (χ3n) is 3.55. The van der Waals surface area contributed by atoms with Crippen molar-refractivity contribution < 1.29 is 18.9 Å². The van der Waals surface area contributed by atoms with E-state index in [1.54, 1.807) is 4.90 Å². The molecule has 2 N–H and O–H groups in total. The summed E-state index contributed by atoms with van der Waals surface area (Å²) in [6, 6.07) is 2.47. The average Bonchev–Trinajstić information content (AvgIpc) is 3.29. The first kappa shape index (κ1) is 18.1. The lowest BCUT2D eigenvalue weighted by Gasteiger charge is -2.33. The molecule has 0 saturated carbocycles. The van der Waals surface area contributed by atoms with E-state index >= 15 is 0 Å². The second-order valence-electron chi connectivity index (χ2n) is 5.28. The summed E-state index contributed by atoms with van der Waals surface area (Å²) < 4.78 is 5.61. The maximum Gasteiger partial charge on any atom is 0.433 e. The highest BCUT2D eigenvalue weighted by Crippen LogP contribution is 2.28. The Morgan fingerprint density at radius 3 is 2.65 bits per heavy atom. The molecule has 11 nitrogen and oxygen atoms in total. The van der Waals surface area contributed by atoms with Gasteiger partial charge >= 0.3 is 5.88 Å². The molecule has 0 radical (unpaired) electrons. The van der Waals surface area contributed by atoms with Crippen LogP contribution in [0.15, 0.2) is 20.9 Å². The lowest BCUT2D eigenvalue weighted by molar-refractivity contribution is -0.402. The Balaban J connectivity index is 1.56. The van der Waals surface area contributed by atoms with Crippen molar-refractivity contribution >= 4 is 45.9 Å². The molecule has 0 bridgehead atoms. The molecule has 2 aromatic rings. The van der Waals surface area contributed by atoms with E-state index in [1.807, 2.05) is 4.90 Å². The lowest BCUT2D eigenvalue weighted by Crippen LogP contribution is -2.48. The Morgan fingerprint density at radius 1 is 1.31 bits per heavy atom. The van der Waals surface area contributed by atoms with Crippen molar-refractivity contribution in [2.45, 2.75) is 4.34 Å². The molecule has 1 fully saturated rings. The summed E-state index contributed by atoms with van der Waals surface area (Å²) in [4.78, 5) is 36.7. The lowest BCUT2D eigenvalue weighted by atomic mass is 10.3. The maximum atomic E-state index is 12.4. The molecule has 0 unspecified atom stereocenters. The molecule has 13 heteroatoms. The van der Waals surface area contributed by atoms with Crippen LogP contribution in [0.3, 0.4) is 0 Å². The van der Waals surface area contributed by atoms with Crippen LogP contribution in [0.4, 0.5) is 11.0 Å². The van der Waals surface area contributed by atoms with Crippen LogP contribution in [0.5, 0.6) is 0 Å². The number of aromatic nitrogens is 2. The second kappa shape index (κ2) is 7.70. The topological polar surface area (TPSA) is 149 Å². The molecule has 0 atom stereocenters. The fourth-order valence-electron chi connectivity index (χ4n) is 2.32. The van der Waals surface area contributed by atoms with Crippen LogP contribution in [0.2, 0.25) is 0 Å². The van der Waals surface area contributed by atoms with E-state index in [0.29, 0.717) is 35.7 Å². The first-order chi connectivity index (χ1) is 12.4. The summed E-state index contributed by atoms with van der Waals surface area (Å²) in [5.74, 6) is -1.16. The van der Waals surface area contributed by atoms with Gasteiger partial charge in [-0.25, -0.2) is 0 Å². The summed E-state index contributed by atoms with van der Waals surface area (Å²) in [5, 5.41) is 19.4. The predicted molar refractivity (Wildman–Crippen MR) is 93.3 cm³/mol. The average molecular weight is 398 g/mol. The minimum absolute atomic E-state index is 0.0498. The number of rotatable bonds is 6. The third kappa shape index (κ3) is 4.11. The SMILES string of the molecule is NC(=O)CSc1nnc(N2CCN(C(=O)c3ccc([N+](=O)[O-])o3)CC2)s1. The van der Waals surface area contributed by atoms with Gasteiger partial charge in [0, 0.05) is 26.2 Å². The van der Waals surface area contributed by atoms with Crippen molar-refractivity contribution in [1.29, 1.82) is 0 Å². The van der Waals surface area contributed by atoms with Gasteiger partial charge in [-0.15, -0.1) is 10.2 Å². The van der Waals surface area contributed by atoms with Crippen LogP contribution in [-0.2, 0) is 4.79 Å². The van der Waals surface area contributed by atoms with Gasteiger partial charge in [0.25, 0.3) is 5.91 Å². The molecule has 3 rings (SSSR count). The number of anilines is 1. The van der Waals surface area contributed by atoms with E-state index in [9.17, 15) is 19.7 Å². The van der Waals surface area contributed by atoms with E-state index in [2.05, 4.69) is 10.2 Å². The monoisotopic (exact) mass is 398 g/mol. The summed E-state index contributed by atoms with van der Waals surface area (Å²) in [6.45, 7) is 1.95.